The van der Waals surface area contributed by atoms with Gasteiger partial charge in [0, 0.05) is 35.2 Å². The highest BCUT2D eigenvalue weighted by atomic mass is 19.1. The number of phenolic OH excluding ortho intramolecular Hbond substituents is 1. The van der Waals surface area contributed by atoms with Gasteiger partial charge in [-0.05, 0) is 58.3 Å². The molecule has 0 radical (unpaired) electrons. The van der Waals surface area contributed by atoms with Crippen molar-refractivity contribution in [2.75, 3.05) is 27.3 Å². The van der Waals surface area contributed by atoms with Crippen molar-refractivity contribution in [3.05, 3.63) is 51.2 Å². The summed E-state index contributed by atoms with van der Waals surface area (Å²) < 4.78 is 29.3. The number of aliphatic hydroxyl groups is 3. The number of fused-ring (bicyclic) bond motifs is 3. The third-order valence-corrected chi connectivity index (χ3v) is 8.78. The van der Waals surface area contributed by atoms with Gasteiger partial charge in [-0.25, -0.2) is 8.78 Å². The molecule has 0 bridgehead atoms. The number of carbonyl (C=O) groups is 3. The zero-order chi connectivity index (χ0) is 28.5. The molecule has 1 aromatic carbocycles. The van der Waals surface area contributed by atoms with E-state index in [2.05, 4.69) is 0 Å². The molecule has 0 saturated carbocycles. The first-order valence-electron chi connectivity index (χ1n) is 12.8. The highest BCUT2D eigenvalue weighted by Gasteiger charge is 2.63. The predicted molar refractivity (Wildman–Crippen MR) is 133 cm³/mol. The van der Waals surface area contributed by atoms with E-state index in [-0.39, 0.29) is 47.7 Å². The first-order valence-corrected chi connectivity index (χ1v) is 12.8. The third kappa shape index (κ3) is 3.80. The predicted octanol–water partition coefficient (Wildman–Crippen LogP) is 1.19. The Bertz CT molecular complexity index is 1360. The van der Waals surface area contributed by atoms with E-state index in [1.807, 2.05) is 0 Å². The van der Waals surface area contributed by atoms with E-state index in [0.29, 0.717) is 13.0 Å². The Morgan fingerprint density at radius 3 is 2.56 bits per heavy atom. The summed E-state index contributed by atoms with van der Waals surface area (Å²) in [6.07, 6.45) is 1.12. The maximum atomic E-state index is 15.9. The maximum Gasteiger partial charge on any atom is 0.255 e. The number of benzene rings is 1. The number of alkyl halides is 1. The number of Topliss-reactive ketones (excluding diaryl/α,β-unsaturated/α-hetero) is 2. The monoisotopic (exact) mass is 547 g/mol. The minimum atomic E-state index is -2.75. The summed E-state index contributed by atoms with van der Waals surface area (Å²) >= 11 is 0. The highest BCUT2D eigenvalue weighted by Crippen LogP contribution is 2.52. The van der Waals surface area contributed by atoms with Crippen molar-refractivity contribution in [1.82, 2.24) is 9.80 Å². The van der Waals surface area contributed by atoms with Gasteiger partial charge in [0.1, 0.15) is 35.3 Å². The van der Waals surface area contributed by atoms with Gasteiger partial charge in [0.25, 0.3) is 5.91 Å². The van der Waals surface area contributed by atoms with E-state index >= 15 is 4.39 Å². The van der Waals surface area contributed by atoms with Crippen molar-refractivity contribution in [2.45, 2.75) is 49.9 Å². The summed E-state index contributed by atoms with van der Waals surface area (Å²) in [4.78, 5) is 42.2. The number of rotatable bonds is 5. The normalized spacial score (nSPS) is 31.0. The lowest BCUT2D eigenvalue weighted by Crippen LogP contribution is -2.63. The topological polar surface area (TPSA) is 165 Å². The van der Waals surface area contributed by atoms with Gasteiger partial charge >= 0.3 is 0 Å². The van der Waals surface area contributed by atoms with Gasteiger partial charge in [-0.1, -0.05) is 0 Å². The van der Waals surface area contributed by atoms with Gasteiger partial charge < -0.3 is 26.2 Å². The number of aliphatic hydroxyl groups excluding tert-OH is 2. The SMILES string of the molecule is CN(C)[C@@H]1C(O)=C(C(N)=O)C(=O)[C@@]2(O)C(O)=C3C(=O)c4c(O)cc(CN5CCC[C@H]5CF)c(F)c4C[C@H]3C[C@@H]12. The van der Waals surface area contributed by atoms with Crippen molar-refractivity contribution in [3.8, 4) is 5.75 Å². The zero-order valence-corrected chi connectivity index (χ0v) is 21.6. The van der Waals surface area contributed by atoms with Crippen LogP contribution in [-0.2, 0) is 22.6 Å². The van der Waals surface area contributed by atoms with E-state index in [0.717, 1.165) is 12.5 Å². The summed E-state index contributed by atoms with van der Waals surface area (Å²) in [5, 5.41) is 44.5. The number of allylic oxidation sites excluding steroid dienone is 1. The molecular weight excluding hydrogens is 516 g/mol. The first-order chi connectivity index (χ1) is 18.3. The number of amides is 1. The number of halogens is 2. The van der Waals surface area contributed by atoms with Crippen LogP contribution in [0.3, 0.4) is 0 Å². The Kier molecular flexibility index (Phi) is 6.55. The third-order valence-electron chi connectivity index (χ3n) is 8.78. The second kappa shape index (κ2) is 9.39. The lowest BCUT2D eigenvalue weighted by molar-refractivity contribution is -0.148. The molecule has 10 nitrogen and oxygen atoms in total. The van der Waals surface area contributed by atoms with Gasteiger partial charge in [-0.2, -0.15) is 0 Å². The molecule has 1 fully saturated rings. The van der Waals surface area contributed by atoms with Crippen LogP contribution in [0.5, 0.6) is 5.75 Å². The number of carbonyl (C=O) groups excluding carboxylic acids is 3. The maximum absolute atomic E-state index is 15.9. The molecule has 0 aromatic heterocycles. The quantitative estimate of drug-likeness (QED) is 0.341. The van der Waals surface area contributed by atoms with Crippen LogP contribution in [-0.4, -0.2) is 92.7 Å². The molecule has 0 spiro atoms. The molecule has 1 aromatic rings. The van der Waals surface area contributed by atoms with Gasteiger partial charge in [0.2, 0.25) is 5.78 Å². The fourth-order valence-electron chi connectivity index (χ4n) is 6.97. The molecule has 1 aliphatic heterocycles. The molecule has 6 N–H and O–H groups in total. The van der Waals surface area contributed by atoms with E-state index in [9.17, 15) is 39.2 Å². The van der Waals surface area contributed by atoms with E-state index < -0.39 is 76.3 Å². The van der Waals surface area contributed by atoms with Crippen LogP contribution < -0.4 is 5.73 Å². The number of primary amides is 1. The van der Waals surface area contributed by atoms with Gasteiger partial charge in [-0.15, -0.1) is 0 Å². The lowest BCUT2D eigenvalue weighted by Gasteiger charge is -2.50. The van der Waals surface area contributed by atoms with Gasteiger partial charge in [-0.3, -0.25) is 24.2 Å². The van der Waals surface area contributed by atoms with Crippen molar-refractivity contribution in [3.63, 3.8) is 0 Å². The molecule has 12 heteroatoms. The number of ketones is 2. The highest BCUT2D eigenvalue weighted by molar-refractivity contribution is 6.24. The van der Waals surface area contributed by atoms with Gasteiger partial charge in [0.15, 0.2) is 11.4 Å². The van der Waals surface area contributed by atoms with Crippen LogP contribution >= 0.6 is 0 Å². The van der Waals surface area contributed by atoms with Crippen molar-refractivity contribution in [2.24, 2.45) is 17.6 Å². The molecule has 1 amide bonds. The number of hydrogen-bond acceptors (Lipinski definition) is 9. The zero-order valence-electron chi connectivity index (χ0n) is 21.6. The summed E-state index contributed by atoms with van der Waals surface area (Å²) in [5.74, 6) is -8.60. The Hall–Kier alpha value is -3.35. The minimum Gasteiger partial charge on any atom is -0.510 e. The number of phenols is 1. The summed E-state index contributed by atoms with van der Waals surface area (Å²) in [5.41, 5.74) is 0.962. The molecule has 4 aliphatic rings. The molecule has 5 rings (SSSR count). The number of aromatic hydroxyl groups is 1. The van der Waals surface area contributed by atoms with Crippen LogP contribution in [0, 0.1) is 17.7 Å². The Labute approximate surface area is 223 Å². The molecule has 5 atom stereocenters. The molecule has 0 unspecified atom stereocenters. The number of likely N-dealkylation sites (N-methyl/N-ethyl adjacent to an activating group) is 1. The Morgan fingerprint density at radius 1 is 1.26 bits per heavy atom. The summed E-state index contributed by atoms with van der Waals surface area (Å²) in [6, 6.07) is -0.380. The molecule has 1 heterocycles. The van der Waals surface area contributed by atoms with E-state index in [1.165, 1.54) is 19.0 Å². The lowest BCUT2D eigenvalue weighted by atomic mass is 9.58. The number of nitrogens with zero attached hydrogens (tertiary/aromatic N) is 2. The molecule has 3 aliphatic carbocycles. The van der Waals surface area contributed by atoms with Crippen LogP contribution in [0.1, 0.15) is 40.7 Å². The van der Waals surface area contributed by atoms with Crippen LogP contribution in [0.15, 0.2) is 28.7 Å². The number of hydrogen-bond donors (Lipinski definition) is 5. The second-order valence-electron chi connectivity index (χ2n) is 11.1. The summed E-state index contributed by atoms with van der Waals surface area (Å²) in [6.45, 7) is 0.0300. The van der Waals surface area contributed by atoms with E-state index in [4.69, 9.17) is 5.73 Å². The average Bonchev–Trinajstić information content (AvgIpc) is 3.31. The fraction of sp³-hybridized carbons (Fsp3) is 0.519. The van der Waals surface area contributed by atoms with Crippen LogP contribution in [0.2, 0.25) is 0 Å². The largest absolute Gasteiger partial charge is 0.510 e. The van der Waals surface area contributed by atoms with Crippen molar-refractivity contribution >= 4 is 17.5 Å². The molecule has 39 heavy (non-hydrogen) atoms. The second-order valence-corrected chi connectivity index (χ2v) is 11.1. The van der Waals surface area contributed by atoms with E-state index in [1.54, 1.807) is 4.90 Å². The summed E-state index contributed by atoms with van der Waals surface area (Å²) in [7, 11) is 3.06. The number of nitrogens with two attached hydrogens (primary N) is 1. The first kappa shape index (κ1) is 27.2. The Morgan fingerprint density at radius 2 is 1.95 bits per heavy atom. The fourth-order valence-corrected chi connectivity index (χ4v) is 6.97. The average molecular weight is 548 g/mol. The van der Waals surface area contributed by atoms with Crippen molar-refractivity contribution < 1.29 is 43.6 Å². The minimum absolute atomic E-state index is 0.0439. The molecule has 210 valence electrons. The standard InChI is InChI=1S/C27H31F2N3O7/c1-31(2)21-15-7-11-6-14-18(16(33)8-12(20(14)29)10-32-5-3-4-13(32)9-28)22(34)17(11)24(36)27(15,39)25(37)19(23(21)35)26(30)38/h8,11,13,15,21,33,35-36,39H,3-7,9-10H2,1-2H3,(H2,30,38)/t11-,13-,15-,21-,27-/m0/s1. The van der Waals surface area contributed by atoms with Crippen molar-refractivity contribution in [1.29, 1.82) is 0 Å². The number of likely N-dealkylation sites (tertiary alicyclic amines) is 1. The van der Waals surface area contributed by atoms with Gasteiger partial charge in [0.05, 0.1) is 11.6 Å². The molecule has 1 saturated heterocycles. The molecular formula is C27H31F2N3O7. The van der Waals surface area contributed by atoms with Crippen LogP contribution in [0.4, 0.5) is 8.78 Å². The Balaban J connectivity index is 1.62. The smallest absolute Gasteiger partial charge is 0.255 e. The van der Waals surface area contributed by atoms with Crippen LogP contribution in [0.25, 0.3) is 0 Å².